The second kappa shape index (κ2) is 6.50. The molecule has 0 bridgehead atoms. The molecule has 1 atom stereocenters. The fraction of sp³-hybridized carbons (Fsp3) is 0.364. The Kier molecular flexibility index (Phi) is 5.28. The minimum Gasteiger partial charge on any atom is -0.497 e. The lowest BCUT2D eigenvalue weighted by Crippen LogP contribution is -2.44. The SMILES string of the molecule is CONC(=O)[C@H](C)NS(=O)(=O)c1ccc(OC)cc1. The topological polar surface area (TPSA) is 93.7 Å². The highest BCUT2D eigenvalue weighted by atomic mass is 32.2. The van der Waals surface area contributed by atoms with Gasteiger partial charge in [-0.15, -0.1) is 0 Å². The lowest BCUT2D eigenvalue weighted by molar-refractivity contribution is -0.132. The largest absolute Gasteiger partial charge is 0.497 e. The molecular formula is C11H16N2O5S. The number of nitrogens with one attached hydrogen (secondary N) is 2. The van der Waals surface area contributed by atoms with Gasteiger partial charge in [-0.1, -0.05) is 0 Å². The van der Waals surface area contributed by atoms with Crippen molar-refractivity contribution in [2.24, 2.45) is 0 Å². The second-order valence-corrected chi connectivity index (χ2v) is 5.40. The average molecular weight is 288 g/mol. The molecule has 0 unspecified atom stereocenters. The number of carbonyl (C=O) groups is 1. The molecule has 0 aliphatic carbocycles. The van der Waals surface area contributed by atoms with Crippen molar-refractivity contribution in [3.8, 4) is 5.75 Å². The number of benzene rings is 1. The number of ether oxygens (including phenoxy) is 1. The van der Waals surface area contributed by atoms with E-state index in [0.717, 1.165) is 0 Å². The van der Waals surface area contributed by atoms with Crippen molar-refractivity contribution in [3.05, 3.63) is 24.3 Å². The number of carbonyl (C=O) groups excluding carboxylic acids is 1. The summed E-state index contributed by atoms with van der Waals surface area (Å²) in [7, 11) is -1.02. The molecule has 0 aromatic heterocycles. The maximum absolute atomic E-state index is 12.0. The summed E-state index contributed by atoms with van der Waals surface area (Å²) in [6, 6.07) is 4.87. The molecule has 0 radical (unpaired) electrons. The van der Waals surface area contributed by atoms with Crippen molar-refractivity contribution < 1.29 is 22.8 Å². The van der Waals surface area contributed by atoms with E-state index in [9.17, 15) is 13.2 Å². The molecule has 0 aliphatic rings. The summed E-state index contributed by atoms with van der Waals surface area (Å²) in [6.07, 6.45) is 0. The molecule has 0 aliphatic heterocycles. The van der Waals surface area contributed by atoms with Crippen molar-refractivity contribution in [1.82, 2.24) is 10.2 Å². The normalized spacial score (nSPS) is 12.8. The van der Waals surface area contributed by atoms with Gasteiger partial charge in [0.2, 0.25) is 10.0 Å². The molecule has 0 saturated heterocycles. The molecule has 19 heavy (non-hydrogen) atoms. The predicted molar refractivity (Wildman–Crippen MR) is 67.9 cm³/mol. The van der Waals surface area contributed by atoms with Gasteiger partial charge in [-0.2, -0.15) is 4.72 Å². The zero-order valence-corrected chi connectivity index (χ0v) is 11.7. The third kappa shape index (κ3) is 4.19. The maximum Gasteiger partial charge on any atom is 0.261 e. The molecule has 0 saturated carbocycles. The Morgan fingerprint density at radius 1 is 1.21 bits per heavy atom. The third-order valence-electron chi connectivity index (χ3n) is 2.30. The number of sulfonamides is 1. The Balaban J connectivity index is 2.82. The van der Waals surface area contributed by atoms with Crippen molar-refractivity contribution in [3.63, 3.8) is 0 Å². The van der Waals surface area contributed by atoms with Gasteiger partial charge in [0.05, 0.1) is 19.1 Å². The van der Waals surface area contributed by atoms with Crippen LogP contribution in [-0.4, -0.2) is 34.6 Å². The van der Waals surface area contributed by atoms with Crippen molar-refractivity contribution in [2.45, 2.75) is 17.9 Å². The minimum atomic E-state index is -3.77. The first-order chi connectivity index (χ1) is 8.90. The maximum atomic E-state index is 12.0. The van der Waals surface area contributed by atoms with Gasteiger partial charge in [0.1, 0.15) is 11.8 Å². The van der Waals surface area contributed by atoms with Crippen LogP contribution in [0.15, 0.2) is 29.2 Å². The number of methoxy groups -OCH3 is 1. The van der Waals surface area contributed by atoms with Gasteiger partial charge in [-0.05, 0) is 31.2 Å². The lowest BCUT2D eigenvalue weighted by Gasteiger charge is -2.13. The van der Waals surface area contributed by atoms with Crippen LogP contribution in [0.25, 0.3) is 0 Å². The van der Waals surface area contributed by atoms with E-state index in [2.05, 4.69) is 15.0 Å². The molecule has 106 valence electrons. The second-order valence-electron chi connectivity index (χ2n) is 3.69. The lowest BCUT2D eigenvalue weighted by atomic mass is 10.3. The summed E-state index contributed by atoms with van der Waals surface area (Å²) >= 11 is 0. The fourth-order valence-electron chi connectivity index (χ4n) is 1.30. The van der Waals surface area contributed by atoms with E-state index in [-0.39, 0.29) is 4.90 Å². The summed E-state index contributed by atoms with van der Waals surface area (Å²) in [5.41, 5.74) is 2.05. The first-order valence-electron chi connectivity index (χ1n) is 5.40. The first-order valence-corrected chi connectivity index (χ1v) is 6.88. The van der Waals surface area contributed by atoms with E-state index in [4.69, 9.17) is 4.74 Å². The number of hydrogen-bond donors (Lipinski definition) is 2. The quantitative estimate of drug-likeness (QED) is 0.721. The van der Waals surface area contributed by atoms with E-state index in [1.54, 1.807) is 0 Å². The van der Waals surface area contributed by atoms with Gasteiger partial charge in [-0.25, -0.2) is 13.9 Å². The molecule has 1 amide bonds. The van der Waals surface area contributed by atoms with Gasteiger partial charge in [-0.3, -0.25) is 9.63 Å². The molecule has 0 heterocycles. The highest BCUT2D eigenvalue weighted by Gasteiger charge is 2.21. The summed E-state index contributed by atoms with van der Waals surface area (Å²) in [6.45, 7) is 1.41. The summed E-state index contributed by atoms with van der Waals surface area (Å²) in [4.78, 5) is 15.8. The molecule has 0 spiro atoms. The van der Waals surface area contributed by atoms with Crippen molar-refractivity contribution in [2.75, 3.05) is 14.2 Å². The molecule has 0 fully saturated rings. The summed E-state index contributed by atoms with van der Waals surface area (Å²) in [5, 5.41) is 0. The molecule has 1 aromatic carbocycles. The third-order valence-corrected chi connectivity index (χ3v) is 3.85. The van der Waals surface area contributed by atoms with Crippen LogP contribution in [0.2, 0.25) is 0 Å². The highest BCUT2D eigenvalue weighted by Crippen LogP contribution is 2.15. The van der Waals surface area contributed by atoms with Crippen LogP contribution in [0.4, 0.5) is 0 Å². The van der Waals surface area contributed by atoms with E-state index in [1.165, 1.54) is 45.4 Å². The van der Waals surface area contributed by atoms with E-state index < -0.39 is 22.0 Å². The molecule has 7 nitrogen and oxygen atoms in total. The van der Waals surface area contributed by atoms with Crippen LogP contribution in [0.1, 0.15) is 6.92 Å². The van der Waals surface area contributed by atoms with Gasteiger partial charge >= 0.3 is 0 Å². The summed E-state index contributed by atoms with van der Waals surface area (Å²) in [5.74, 6) is -0.0382. The Morgan fingerprint density at radius 3 is 2.26 bits per heavy atom. The average Bonchev–Trinajstić information content (AvgIpc) is 2.38. The Labute approximate surface area is 111 Å². The van der Waals surface area contributed by atoms with Crippen LogP contribution in [-0.2, 0) is 19.7 Å². The predicted octanol–water partition coefficient (Wildman–Crippen LogP) is 0.0396. The molecule has 2 N–H and O–H groups in total. The first kappa shape index (κ1) is 15.4. The Bertz CT molecular complexity index is 527. The number of amides is 1. The smallest absolute Gasteiger partial charge is 0.261 e. The van der Waals surface area contributed by atoms with E-state index in [0.29, 0.717) is 5.75 Å². The zero-order valence-electron chi connectivity index (χ0n) is 10.8. The zero-order chi connectivity index (χ0) is 14.5. The van der Waals surface area contributed by atoms with Crippen molar-refractivity contribution in [1.29, 1.82) is 0 Å². The van der Waals surface area contributed by atoms with Crippen molar-refractivity contribution >= 4 is 15.9 Å². The Morgan fingerprint density at radius 2 is 1.79 bits per heavy atom. The van der Waals surface area contributed by atoms with E-state index in [1.807, 2.05) is 0 Å². The van der Waals surface area contributed by atoms with Crippen LogP contribution < -0.4 is 14.9 Å². The van der Waals surface area contributed by atoms with Crippen LogP contribution in [0, 0.1) is 0 Å². The van der Waals surface area contributed by atoms with Gasteiger partial charge in [0.15, 0.2) is 0 Å². The molecule has 1 aromatic rings. The molecule has 8 heteroatoms. The Hall–Kier alpha value is -1.64. The number of hydrogen-bond acceptors (Lipinski definition) is 5. The van der Waals surface area contributed by atoms with Gasteiger partial charge in [0.25, 0.3) is 5.91 Å². The monoisotopic (exact) mass is 288 g/mol. The van der Waals surface area contributed by atoms with Gasteiger partial charge < -0.3 is 4.74 Å². The van der Waals surface area contributed by atoms with E-state index >= 15 is 0 Å². The summed E-state index contributed by atoms with van der Waals surface area (Å²) < 4.78 is 31.1. The highest BCUT2D eigenvalue weighted by molar-refractivity contribution is 7.89. The number of rotatable bonds is 6. The standard InChI is InChI=1S/C11H16N2O5S/c1-8(11(14)12-18-3)13-19(15,16)10-6-4-9(17-2)5-7-10/h4-8,13H,1-3H3,(H,12,14)/t8-/m0/s1. The number of hydroxylamine groups is 1. The van der Waals surface area contributed by atoms with Crippen LogP contribution in [0.5, 0.6) is 5.75 Å². The molecular weight excluding hydrogens is 272 g/mol. The molecule has 1 rings (SSSR count). The minimum absolute atomic E-state index is 0.0466. The van der Waals surface area contributed by atoms with Crippen LogP contribution >= 0.6 is 0 Å². The van der Waals surface area contributed by atoms with Crippen LogP contribution in [0.3, 0.4) is 0 Å². The van der Waals surface area contributed by atoms with Gasteiger partial charge in [0, 0.05) is 0 Å². The fourth-order valence-corrected chi connectivity index (χ4v) is 2.50.